The van der Waals surface area contributed by atoms with Crippen molar-refractivity contribution in [3.63, 3.8) is 0 Å². The maximum Gasteiger partial charge on any atom is 0.0659 e. The Balaban J connectivity index is 1.95. The topological polar surface area (TPSA) is 24.8 Å². The minimum absolute atomic E-state index is 0.749. The first-order valence-electron chi connectivity index (χ1n) is 4.97. The summed E-state index contributed by atoms with van der Waals surface area (Å²) in [7, 11) is 0. The summed E-state index contributed by atoms with van der Waals surface area (Å²) in [6, 6.07) is 7.63. The number of benzene rings is 1. The van der Waals surface area contributed by atoms with Crippen LogP contribution in [0.5, 0.6) is 0 Å². The maximum absolute atomic E-state index is 5.79. The molecule has 1 fully saturated rings. The van der Waals surface area contributed by atoms with Crippen LogP contribution >= 0.6 is 11.6 Å². The molecule has 1 aliphatic heterocycles. The van der Waals surface area contributed by atoms with Gasteiger partial charge in [0.05, 0.1) is 32.5 Å². The fraction of sp³-hybridized carbons (Fsp3) is 0.364. The number of hydrogen-bond acceptors (Lipinski definition) is 3. The molecule has 1 aromatic rings. The lowest BCUT2D eigenvalue weighted by atomic mass is 10.2. The van der Waals surface area contributed by atoms with Gasteiger partial charge in [-0.3, -0.25) is 5.01 Å². The fourth-order valence-corrected chi connectivity index (χ4v) is 1.49. The minimum Gasteiger partial charge on any atom is -0.378 e. The van der Waals surface area contributed by atoms with Crippen LogP contribution in [-0.2, 0) is 4.74 Å². The van der Waals surface area contributed by atoms with Gasteiger partial charge < -0.3 is 4.74 Å². The van der Waals surface area contributed by atoms with E-state index >= 15 is 0 Å². The Hall–Kier alpha value is -1.06. The maximum atomic E-state index is 5.79. The van der Waals surface area contributed by atoms with E-state index in [9.17, 15) is 0 Å². The van der Waals surface area contributed by atoms with Crippen LogP contribution in [0.4, 0.5) is 0 Å². The molecule has 0 aliphatic carbocycles. The van der Waals surface area contributed by atoms with E-state index < -0.39 is 0 Å². The Kier molecular flexibility index (Phi) is 3.59. The van der Waals surface area contributed by atoms with Crippen molar-refractivity contribution in [2.24, 2.45) is 5.10 Å². The highest BCUT2D eigenvalue weighted by Crippen LogP contribution is 2.08. The largest absolute Gasteiger partial charge is 0.378 e. The van der Waals surface area contributed by atoms with E-state index in [1.54, 1.807) is 0 Å². The van der Waals surface area contributed by atoms with Crippen LogP contribution in [0, 0.1) is 0 Å². The van der Waals surface area contributed by atoms with Crippen LogP contribution in [0.3, 0.4) is 0 Å². The highest BCUT2D eigenvalue weighted by atomic mass is 35.5. The molecule has 3 nitrogen and oxygen atoms in total. The van der Waals surface area contributed by atoms with Crippen LogP contribution in [0.2, 0.25) is 5.02 Å². The van der Waals surface area contributed by atoms with Gasteiger partial charge in [-0.2, -0.15) is 5.10 Å². The monoisotopic (exact) mass is 224 g/mol. The molecule has 15 heavy (non-hydrogen) atoms. The molecular formula is C11H13ClN2O. The van der Waals surface area contributed by atoms with E-state index in [1.807, 2.05) is 35.5 Å². The number of halogens is 1. The van der Waals surface area contributed by atoms with Crippen LogP contribution in [0.25, 0.3) is 0 Å². The van der Waals surface area contributed by atoms with E-state index in [1.165, 1.54) is 0 Å². The lowest BCUT2D eigenvalue weighted by Crippen LogP contribution is -2.32. The van der Waals surface area contributed by atoms with Crippen molar-refractivity contribution in [3.8, 4) is 0 Å². The van der Waals surface area contributed by atoms with Gasteiger partial charge in [-0.25, -0.2) is 0 Å². The molecule has 0 aromatic heterocycles. The van der Waals surface area contributed by atoms with Gasteiger partial charge in [-0.1, -0.05) is 23.7 Å². The molecule has 0 unspecified atom stereocenters. The minimum atomic E-state index is 0.749. The first kappa shape index (κ1) is 10.5. The van der Waals surface area contributed by atoms with Crippen LogP contribution < -0.4 is 0 Å². The summed E-state index contributed by atoms with van der Waals surface area (Å²) in [6.07, 6.45) is 1.85. The molecule has 0 saturated carbocycles. The Morgan fingerprint density at radius 2 is 1.87 bits per heavy atom. The molecule has 0 bridgehead atoms. The summed E-state index contributed by atoms with van der Waals surface area (Å²) in [6.45, 7) is 3.25. The molecular weight excluding hydrogens is 212 g/mol. The lowest BCUT2D eigenvalue weighted by Gasteiger charge is -2.23. The van der Waals surface area contributed by atoms with E-state index in [4.69, 9.17) is 16.3 Å². The van der Waals surface area contributed by atoms with E-state index in [2.05, 4.69) is 5.10 Å². The molecule has 80 valence electrons. The number of morpholine rings is 1. The normalized spacial score (nSPS) is 17.3. The van der Waals surface area contributed by atoms with Crippen molar-refractivity contribution >= 4 is 17.8 Å². The predicted octanol–water partition coefficient (Wildman–Crippen LogP) is 2.01. The first-order chi connectivity index (χ1) is 7.34. The first-order valence-corrected chi connectivity index (χ1v) is 5.34. The quantitative estimate of drug-likeness (QED) is 0.718. The zero-order valence-electron chi connectivity index (χ0n) is 8.40. The fourth-order valence-electron chi connectivity index (χ4n) is 1.37. The average molecular weight is 225 g/mol. The van der Waals surface area contributed by atoms with Gasteiger partial charge in [-0.05, 0) is 17.7 Å². The molecule has 1 aliphatic rings. The van der Waals surface area contributed by atoms with Gasteiger partial charge in [0.2, 0.25) is 0 Å². The predicted molar refractivity (Wildman–Crippen MR) is 61.4 cm³/mol. The third kappa shape index (κ3) is 3.22. The van der Waals surface area contributed by atoms with Gasteiger partial charge in [0.25, 0.3) is 0 Å². The molecule has 0 atom stereocenters. The number of nitrogens with zero attached hydrogens (tertiary/aromatic N) is 2. The van der Waals surface area contributed by atoms with Crippen molar-refractivity contribution in [3.05, 3.63) is 34.9 Å². The van der Waals surface area contributed by atoms with Crippen molar-refractivity contribution in [1.29, 1.82) is 0 Å². The second-order valence-corrected chi connectivity index (χ2v) is 3.80. The molecule has 1 heterocycles. The summed E-state index contributed by atoms with van der Waals surface area (Å²) in [5.41, 5.74) is 1.06. The van der Waals surface area contributed by atoms with E-state index in [-0.39, 0.29) is 0 Å². The van der Waals surface area contributed by atoms with E-state index in [0.717, 1.165) is 36.9 Å². The molecule has 1 saturated heterocycles. The highest BCUT2D eigenvalue weighted by molar-refractivity contribution is 6.30. The number of hydrogen-bond donors (Lipinski definition) is 0. The SMILES string of the molecule is Clc1ccc(/C=N\N2CCOCC2)cc1. The average Bonchev–Trinajstić information content (AvgIpc) is 2.30. The molecule has 0 radical (unpaired) electrons. The van der Waals surface area contributed by atoms with Crippen LogP contribution in [0.1, 0.15) is 5.56 Å². The summed E-state index contributed by atoms with van der Waals surface area (Å²) in [5, 5.41) is 7.13. The molecule has 4 heteroatoms. The van der Waals surface area contributed by atoms with Gasteiger partial charge in [-0.15, -0.1) is 0 Å². The summed E-state index contributed by atoms with van der Waals surface area (Å²) in [4.78, 5) is 0. The third-order valence-corrected chi connectivity index (χ3v) is 2.48. The molecule has 0 N–H and O–H groups in total. The Morgan fingerprint density at radius 1 is 1.20 bits per heavy atom. The molecule has 0 amide bonds. The summed E-state index contributed by atoms with van der Waals surface area (Å²) >= 11 is 5.79. The highest BCUT2D eigenvalue weighted by Gasteiger charge is 2.05. The van der Waals surface area contributed by atoms with Gasteiger partial charge in [0, 0.05) is 5.02 Å². The number of hydrazone groups is 1. The summed E-state index contributed by atoms with van der Waals surface area (Å²) in [5.74, 6) is 0. The zero-order chi connectivity index (χ0) is 10.5. The Labute approximate surface area is 94.3 Å². The second-order valence-electron chi connectivity index (χ2n) is 3.36. The molecule has 2 rings (SSSR count). The van der Waals surface area contributed by atoms with Crippen molar-refractivity contribution in [2.75, 3.05) is 26.3 Å². The van der Waals surface area contributed by atoms with Gasteiger partial charge in [0.15, 0.2) is 0 Å². The molecule has 1 aromatic carbocycles. The van der Waals surface area contributed by atoms with Crippen LogP contribution in [-0.4, -0.2) is 37.5 Å². The van der Waals surface area contributed by atoms with Gasteiger partial charge >= 0.3 is 0 Å². The standard InChI is InChI=1S/C11H13ClN2O/c12-11-3-1-10(2-4-11)9-13-14-5-7-15-8-6-14/h1-4,9H,5-8H2/b13-9-. The van der Waals surface area contributed by atoms with Crippen molar-refractivity contribution < 1.29 is 4.74 Å². The molecule has 0 spiro atoms. The third-order valence-electron chi connectivity index (χ3n) is 2.23. The van der Waals surface area contributed by atoms with E-state index in [0.29, 0.717) is 0 Å². The smallest absolute Gasteiger partial charge is 0.0659 e. The van der Waals surface area contributed by atoms with Crippen molar-refractivity contribution in [1.82, 2.24) is 5.01 Å². The summed E-state index contributed by atoms with van der Waals surface area (Å²) < 4.78 is 5.23. The van der Waals surface area contributed by atoms with Gasteiger partial charge in [0.1, 0.15) is 0 Å². The lowest BCUT2D eigenvalue weighted by molar-refractivity contribution is 0.0397. The Morgan fingerprint density at radius 3 is 2.53 bits per heavy atom. The second kappa shape index (κ2) is 5.14. The number of ether oxygens (including phenoxy) is 1. The Bertz CT molecular complexity index is 331. The number of rotatable bonds is 2. The zero-order valence-corrected chi connectivity index (χ0v) is 9.15. The van der Waals surface area contributed by atoms with Crippen LogP contribution in [0.15, 0.2) is 29.4 Å². The van der Waals surface area contributed by atoms with Crippen molar-refractivity contribution in [2.45, 2.75) is 0 Å².